The minimum absolute atomic E-state index is 0.426. The highest BCUT2D eigenvalue weighted by molar-refractivity contribution is 7.71. The predicted octanol–water partition coefficient (Wildman–Crippen LogP) is 5.04. The number of nitrogens with zero attached hydrogens (tertiary/aromatic N) is 3. The molecule has 0 spiro atoms. The molecule has 2 heterocycles. The molecular weight excluding hydrogens is 308 g/mol. The summed E-state index contributed by atoms with van der Waals surface area (Å²) in [5, 5.41) is 4.19. The summed E-state index contributed by atoms with van der Waals surface area (Å²) in [4.78, 5) is 11.5. The van der Waals surface area contributed by atoms with Gasteiger partial charge < -0.3 is 9.51 Å². The van der Waals surface area contributed by atoms with Crippen LogP contribution >= 0.6 is 12.2 Å². The Hall–Kier alpha value is -1.56. The summed E-state index contributed by atoms with van der Waals surface area (Å²) in [5.41, 5.74) is 0.733. The molecule has 5 nitrogen and oxygen atoms in total. The van der Waals surface area contributed by atoms with Gasteiger partial charge in [0.2, 0.25) is 0 Å². The Morgan fingerprint density at radius 2 is 2.09 bits per heavy atom. The third-order valence-corrected chi connectivity index (χ3v) is 4.98. The lowest BCUT2D eigenvalue weighted by molar-refractivity contribution is 0.292. The first-order valence-corrected chi connectivity index (χ1v) is 9.06. The van der Waals surface area contributed by atoms with Gasteiger partial charge in [-0.15, -0.1) is 0 Å². The molecule has 124 valence electrons. The smallest absolute Gasteiger partial charge is 0.274 e. The van der Waals surface area contributed by atoms with Crippen molar-refractivity contribution in [1.82, 2.24) is 20.1 Å². The molecule has 3 rings (SSSR count). The lowest BCUT2D eigenvalue weighted by Gasteiger charge is -2.26. The molecule has 1 fully saturated rings. The van der Waals surface area contributed by atoms with Gasteiger partial charge in [-0.1, -0.05) is 37.8 Å². The van der Waals surface area contributed by atoms with E-state index in [4.69, 9.17) is 16.7 Å². The first kappa shape index (κ1) is 16.3. The second-order valence-corrected chi connectivity index (χ2v) is 6.85. The lowest BCUT2D eigenvalue weighted by Crippen LogP contribution is -2.14. The molecule has 23 heavy (non-hydrogen) atoms. The van der Waals surface area contributed by atoms with Gasteiger partial charge in [0, 0.05) is 12.1 Å². The Balaban J connectivity index is 1.58. The number of unbranched alkanes of at least 4 members (excludes halogenated alkanes) is 2. The Morgan fingerprint density at radius 3 is 2.83 bits per heavy atom. The molecule has 0 radical (unpaired) electrons. The Labute approximate surface area is 141 Å². The maximum Gasteiger partial charge on any atom is 0.274 e. The monoisotopic (exact) mass is 332 g/mol. The van der Waals surface area contributed by atoms with Gasteiger partial charge in [-0.05, 0) is 49.9 Å². The highest BCUT2D eigenvalue weighted by Crippen LogP contribution is 2.37. The Bertz CT molecular complexity index is 673. The number of aromatic nitrogens is 4. The van der Waals surface area contributed by atoms with Crippen LogP contribution < -0.4 is 0 Å². The number of hydrogen-bond acceptors (Lipinski definition) is 5. The molecule has 0 aromatic carbocycles. The molecule has 6 heteroatoms. The van der Waals surface area contributed by atoms with Gasteiger partial charge in [-0.25, -0.2) is 4.98 Å². The molecule has 0 aliphatic heterocycles. The van der Waals surface area contributed by atoms with Crippen LogP contribution in [-0.2, 0) is 0 Å². The Morgan fingerprint density at radius 1 is 1.26 bits per heavy atom. The van der Waals surface area contributed by atoms with Gasteiger partial charge in [-0.3, -0.25) is 0 Å². The number of hydrogen-bond donors (Lipinski definition) is 1. The molecule has 0 bridgehead atoms. The van der Waals surface area contributed by atoms with Gasteiger partial charge in [-0.2, -0.15) is 4.98 Å². The molecular formula is C17H24N4OS. The number of rotatable bonds is 6. The molecule has 1 saturated carbocycles. The lowest BCUT2D eigenvalue weighted by atomic mass is 9.79. The van der Waals surface area contributed by atoms with Crippen molar-refractivity contribution in [3.8, 4) is 11.6 Å². The number of aromatic amines is 1. The first-order chi connectivity index (χ1) is 11.3. The summed E-state index contributed by atoms with van der Waals surface area (Å²) in [6.07, 6.45) is 12.0. The normalized spacial score (nSPS) is 21.4. The number of nitrogens with one attached hydrogen (secondary N) is 1. The van der Waals surface area contributed by atoms with Crippen molar-refractivity contribution in [1.29, 1.82) is 0 Å². The second-order valence-electron chi connectivity index (χ2n) is 6.46. The fourth-order valence-electron chi connectivity index (χ4n) is 3.40. The summed E-state index contributed by atoms with van der Waals surface area (Å²) in [5.74, 6) is 2.65. The van der Waals surface area contributed by atoms with Crippen LogP contribution in [-0.4, -0.2) is 20.1 Å². The maximum absolute atomic E-state index is 5.40. The fraction of sp³-hybridized carbons (Fsp3) is 0.647. The van der Waals surface area contributed by atoms with Crippen LogP contribution in [0.2, 0.25) is 0 Å². The van der Waals surface area contributed by atoms with E-state index in [1.54, 1.807) is 12.3 Å². The van der Waals surface area contributed by atoms with E-state index in [0.717, 1.165) is 17.4 Å². The molecule has 0 unspecified atom stereocenters. The van der Waals surface area contributed by atoms with Crippen molar-refractivity contribution in [2.45, 2.75) is 64.2 Å². The van der Waals surface area contributed by atoms with Crippen molar-refractivity contribution in [2.24, 2.45) is 5.92 Å². The van der Waals surface area contributed by atoms with Crippen LogP contribution in [0.15, 0.2) is 16.8 Å². The van der Waals surface area contributed by atoms with Gasteiger partial charge >= 0.3 is 0 Å². The van der Waals surface area contributed by atoms with Gasteiger partial charge in [0.1, 0.15) is 5.69 Å². The van der Waals surface area contributed by atoms with E-state index < -0.39 is 0 Å². The van der Waals surface area contributed by atoms with Crippen LogP contribution in [0.3, 0.4) is 0 Å². The molecule has 2 aromatic rings. The van der Waals surface area contributed by atoms with Crippen molar-refractivity contribution in [3.63, 3.8) is 0 Å². The molecule has 1 N–H and O–H groups in total. The third kappa shape index (κ3) is 4.25. The summed E-state index contributed by atoms with van der Waals surface area (Å²) in [7, 11) is 0. The topological polar surface area (TPSA) is 67.6 Å². The fourth-order valence-corrected chi connectivity index (χ4v) is 3.57. The van der Waals surface area contributed by atoms with Gasteiger partial charge in [0.15, 0.2) is 10.6 Å². The van der Waals surface area contributed by atoms with Crippen LogP contribution in [0.1, 0.15) is 70.0 Å². The third-order valence-electron chi connectivity index (χ3n) is 4.77. The number of H-pyrrole nitrogens is 1. The first-order valence-electron chi connectivity index (χ1n) is 8.65. The quantitative estimate of drug-likeness (QED) is 0.592. The summed E-state index contributed by atoms with van der Waals surface area (Å²) >= 11 is 5.03. The highest BCUT2D eigenvalue weighted by atomic mass is 32.1. The Kier molecular flexibility index (Phi) is 5.54. The van der Waals surface area contributed by atoms with Crippen LogP contribution in [0.5, 0.6) is 0 Å². The summed E-state index contributed by atoms with van der Waals surface area (Å²) in [6.45, 7) is 2.26. The average molecular weight is 332 g/mol. The van der Waals surface area contributed by atoms with Crippen molar-refractivity contribution < 1.29 is 4.52 Å². The molecule has 1 aliphatic rings. The van der Waals surface area contributed by atoms with E-state index in [1.165, 1.54) is 51.4 Å². The molecule has 2 aromatic heterocycles. The zero-order chi connectivity index (χ0) is 16.1. The summed E-state index contributed by atoms with van der Waals surface area (Å²) in [6, 6.07) is 1.80. The van der Waals surface area contributed by atoms with E-state index in [0.29, 0.717) is 16.6 Å². The maximum atomic E-state index is 5.40. The van der Waals surface area contributed by atoms with Crippen LogP contribution in [0.4, 0.5) is 0 Å². The van der Waals surface area contributed by atoms with Gasteiger partial charge in [0.25, 0.3) is 5.89 Å². The molecule has 0 saturated heterocycles. The van der Waals surface area contributed by atoms with Gasteiger partial charge in [0.05, 0.1) is 0 Å². The predicted molar refractivity (Wildman–Crippen MR) is 91.6 cm³/mol. The van der Waals surface area contributed by atoms with E-state index in [2.05, 4.69) is 27.0 Å². The zero-order valence-electron chi connectivity index (χ0n) is 13.6. The highest BCUT2D eigenvalue weighted by Gasteiger charge is 2.26. The van der Waals surface area contributed by atoms with E-state index in [9.17, 15) is 0 Å². The molecule has 1 aliphatic carbocycles. The molecule has 0 amide bonds. The van der Waals surface area contributed by atoms with E-state index in [-0.39, 0.29) is 0 Å². The van der Waals surface area contributed by atoms with Crippen LogP contribution in [0, 0.1) is 10.7 Å². The largest absolute Gasteiger partial charge is 0.332 e. The van der Waals surface area contributed by atoms with Crippen molar-refractivity contribution in [3.05, 3.63) is 22.9 Å². The minimum Gasteiger partial charge on any atom is -0.332 e. The van der Waals surface area contributed by atoms with Crippen molar-refractivity contribution in [2.75, 3.05) is 0 Å². The standard InChI is InChI=1S/C17H24N4OS/c1-2-3-4-5-12-6-8-13(9-7-12)15-20-16(22-21-15)14-10-11-18-17(23)19-14/h10-13H,2-9H2,1H3,(H,18,19,23). The zero-order valence-corrected chi connectivity index (χ0v) is 14.4. The van der Waals surface area contributed by atoms with Crippen molar-refractivity contribution >= 4 is 12.2 Å². The average Bonchev–Trinajstić information content (AvgIpc) is 3.06. The minimum atomic E-state index is 0.426. The SMILES string of the molecule is CCCCCC1CCC(c2noc(-c3ccnc(=S)[nH]3)n2)CC1. The van der Waals surface area contributed by atoms with E-state index in [1.807, 2.05) is 0 Å². The van der Waals surface area contributed by atoms with Crippen LogP contribution in [0.25, 0.3) is 11.6 Å². The summed E-state index contributed by atoms with van der Waals surface area (Å²) < 4.78 is 5.82. The second kappa shape index (κ2) is 7.81. The van der Waals surface area contributed by atoms with E-state index >= 15 is 0 Å². The molecule has 0 atom stereocenters.